The van der Waals surface area contributed by atoms with Crippen LogP contribution in [-0.2, 0) is 22.9 Å². The summed E-state index contributed by atoms with van der Waals surface area (Å²) in [6.45, 7) is 0. The summed E-state index contributed by atoms with van der Waals surface area (Å²) >= 11 is 0. The Hall–Kier alpha value is -2.61. The van der Waals surface area contributed by atoms with E-state index in [-0.39, 0.29) is 0 Å². The standard InChI is InChI=1S/C20H23N3O4S/c1-27-17-11-14(8-9-21-17)18-16(12-6-7-12)10-13-4-3-5-15(13)19(18)22-20(24)23-28(2,25)26/h8-12H,3-7H2,1-2H3,(H2,22,23,24). The van der Waals surface area contributed by atoms with Gasteiger partial charge in [0.05, 0.1) is 19.1 Å². The highest BCUT2D eigenvalue weighted by Crippen LogP contribution is 2.50. The van der Waals surface area contributed by atoms with E-state index in [4.69, 9.17) is 4.74 Å². The third-order valence-corrected chi connectivity index (χ3v) is 5.75. The van der Waals surface area contributed by atoms with E-state index in [2.05, 4.69) is 16.4 Å². The number of aromatic nitrogens is 1. The van der Waals surface area contributed by atoms with Crippen LogP contribution in [0.3, 0.4) is 0 Å². The van der Waals surface area contributed by atoms with Gasteiger partial charge in [-0.3, -0.25) is 0 Å². The average Bonchev–Trinajstić information content (AvgIpc) is 3.37. The Kier molecular flexibility index (Phi) is 4.74. The van der Waals surface area contributed by atoms with Gasteiger partial charge in [0.25, 0.3) is 0 Å². The number of pyridine rings is 1. The quantitative estimate of drug-likeness (QED) is 0.802. The van der Waals surface area contributed by atoms with Crippen LogP contribution >= 0.6 is 0 Å². The molecule has 1 fully saturated rings. The summed E-state index contributed by atoms with van der Waals surface area (Å²) in [4.78, 5) is 16.6. The van der Waals surface area contributed by atoms with Crippen LogP contribution in [-0.4, -0.2) is 32.8 Å². The number of nitrogens with one attached hydrogen (secondary N) is 2. The Morgan fingerprint density at radius 2 is 2.04 bits per heavy atom. The summed E-state index contributed by atoms with van der Waals surface area (Å²) in [5.74, 6) is 0.949. The van der Waals surface area contributed by atoms with Gasteiger partial charge < -0.3 is 10.1 Å². The van der Waals surface area contributed by atoms with Crippen LogP contribution in [0.4, 0.5) is 10.5 Å². The van der Waals surface area contributed by atoms with Crippen LogP contribution in [0.25, 0.3) is 11.1 Å². The highest BCUT2D eigenvalue weighted by molar-refractivity contribution is 7.89. The van der Waals surface area contributed by atoms with Gasteiger partial charge >= 0.3 is 6.03 Å². The molecule has 148 valence electrons. The van der Waals surface area contributed by atoms with Crippen molar-refractivity contribution < 1.29 is 17.9 Å². The number of carbonyl (C=O) groups excluding carboxylic acids is 1. The van der Waals surface area contributed by atoms with E-state index in [1.165, 1.54) is 11.1 Å². The average molecular weight is 401 g/mol. The van der Waals surface area contributed by atoms with E-state index in [9.17, 15) is 13.2 Å². The Labute approximate surface area is 164 Å². The molecular weight excluding hydrogens is 378 g/mol. The first-order chi connectivity index (χ1) is 13.4. The van der Waals surface area contributed by atoms with Crippen LogP contribution in [0.1, 0.15) is 41.9 Å². The zero-order chi connectivity index (χ0) is 19.9. The number of aryl methyl sites for hydroxylation is 1. The van der Waals surface area contributed by atoms with Gasteiger partial charge in [-0.05, 0) is 66.3 Å². The van der Waals surface area contributed by atoms with Crippen molar-refractivity contribution in [2.24, 2.45) is 0 Å². The zero-order valence-corrected chi connectivity index (χ0v) is 16.7. The van der Waals surface area contributed by atoms with Crippen molar-refractivity contribution in [2.45, 2.75) is 38.0 Å². The minimum Gasteiger partial charge on any atom is -0.481 e. The lowest BCUT2D eigenvalue weighted by Gasteiger charge is -2.20. The van der Waals surface area contributed by atoms with Crippen LogP contribution in [0, 0.1) is 0 Å². The van der Waals surface area contributed by atoms with Gasteiger partial charge in [-0.15, -0.1) is 0 Å². The van der Waals surface area contributed by atoms with Crippen LogP contribution in [0.2, 0.25) is 0 Å². The number of sulfonamides is 1. The smallest absolute Gasteiger partial charge is 0.332 e. The predicted octanol–water partition coefficient (Wildman–Crippen LogP) is 3.20. The molecule has 2 amide bonds. The lowest BCUT2D eigenvalue weighted by atomic mass is 9.90. The molecule has 0 saturated heterocycles. The number of hydrogen-bond donors (Lipinski definition) is 2. The molecule has 0 atom stereocenters. The van der Waals surface area contributed by atoms with Crippen molar-refractivity contribution >= 4 is 21.7 Å². The molecule has 1 aromatic carbocycles. The highest BCUT2D eigenvalue weighted by Gasteiger charge is 2.32. The fraction of sp³-hybridized carbons (Fsp3) is 0.400. The summed E-state index contributed by atoms with van der Waals surface area (Å²) < 4.78 is 30.3. The largest absolute Gasteiger partial charge is 0.481 e. The van der Waals surface area contributed by atoms with Crippen molar-refractivity contribution in [1.29, 1.82) is 0 Å². The number of ether oxygens (including phenoxy) is 1. The first kappa shape index (κ1) is 18.7. The van der Waals surface area contributed by atoms with Gasteiger partial charge in [0, 0.05) is 17.8 Å². The molecule has 4 rings (SSSR count). The normalized spacial score (nSPS) is 15.8. The van der Waals surface area contributed by atoms with E-state index in [1.54, 1.807) is 13.3 Å². The van der Waals surface area contributed by atoms with Gasteiger partial charge in [0.15, 0.2) is 0 Å². The number of hydrogen-bond acceptors (Lipinski definition) is 5. The number of amides is 2. The molecule has 2 N–H and O–H groups in total. The van der Waals surface area contributed by atoms with Crippen molar-refractivity contribution in [1.82, 2.24) is 9.71 Å². The van der Waals surface area contributed by atoms with Crippen molar-refractivity contribution in [3.63, 3.8) is 0 Å². The molecule has 1 saturated carbocycles. The van der Waals surface area contributed by atoms with Crippen molar-refractivity contribution in [3.8, 4) is 17.0 Å². The molecule has 0 spiro atoms. The van der Waals surface area contributed by atoms with Crippen molar-refractivity contribution in [3.05, 3.63) is 41.1 Å². The van der Waals surface area contributed by atoms with Crippen molar-refractivity contribution in [2.75, 3.05) is 18.7 Å². The van der Waals surface area contributed by atoms with Gasteiger partial charge in [-0.25, -0.2) is 22.9 Å². The molecule has 0 bridgehead atoms. The molecule has 0 unspecified atom stereocenters. The summed E-state index contributed by atoms with van der Waals surface area (Å²) in [5.41, 5.74) is 6.06. The fourth-order valence-electron chi connectivity index (χ4n) is 3.92. The molecule has 7 nitrogen and oxygen atoms in total. The summed E-state index contributed by atoms with van der Waals surface area (Å²) in [7, 11) is -2.09. The van der Waals surface area contributed by atoms with Crippen LogP contribution in [0.15, 0.2) is 24.4 Å². The second kappa shape index (κ2) is 7.09. The highest BCUT2D eigenvalue weighted by atomic mass is 32.2. The Bertz CT molecular complexity index is 1050. The minimum absolute atomic E-state index is 0.457. The molecule has 2 aromatic rings. The zero-order valence-electron chi connectivity index (χ0n) is 15.9. The topological polar surface area (TPSA) is 97.4 Å². The SMILES string of the molecule is COc1cc(-c2c(C3CC3)cc3c(c2NC(=O)NS(C)(=O)=O)CCC3)ccn1. The third kappa shape index (κ3) is 3.82. The lowest BCUT2D eigenvalue weighted by molar-refractivity contribution is 0.256. The molecule has 2 aliphatic rings. The fourth-order valence-corrected chi connectivity index (χ4v) is 4.30. The summed E-state index contributed by atoms with van der Waals surface area (Å²) in [6.07, 6.45) is 7.71. The number of carbonyl (C=O) groups is 1. The van der Waals surface area contributed by atoms with E-state index >= 15 is 0 Å². The molecule has 1 heterocycles. The number of benzene rings is 1. The number of nitrogens with zero attached hydrogens (tertiary/aromatic N) is 1. The van der Waals surface area contributed by atoms with Gasteiger partial charge in [0.1, 0.15) is 0 Å². The predicted molar refractivity (Wildman–Crippen MR) is 107 cm³/mol. The number of urea groups is 1. The number of anilines is 1. The Morgan fingerprint density at radius 1 is 1.25 bits per heavy atom. The third-order valence-electron chi connectivity index (χ3n) is 5.20. The molecule has 8 heteroatoms. The second-order valence-corrected chi connectivity index (χ2v) is 9.14. The van der Waals surface area contributed by atoms with Crippen LogP contribution < -0.4 is 14.8 Å². The van der Waals surface area contributed by atoms with E-state index in [0.717, 1.165) is 55.1 Å². The molecule has 2 aliphatic carbocycles. The maximum atomic E-state index is 12.4. The van der Waals surface area contributed by atoms with E-state index in [1.807, 2.05) is 16.9 Å². The maximum absolute atomic E-state index is 12.4. The number of rotatable bonds is 5. The van der Waals surface area contributed by atoms with E-state index < -0.39 is 16.1 Å². The first-order valence-corrected chi connectivity index (χ1v) is 11.2. The summed E-state index contributed by atoms with van der Waals surface area (Å²) in [6, 6.07) is 5.27. The maximum Gasteiger partial charge on any atom is 0.332 e. The summed E-state index contributed by atoms with van der Waals surface area (Å²) in [5, 5.41) is 2.84. The Balaban J connectivity index is 1.88. The molecule has 0 aliphatic heterocycles. The van der Waals surface area contributed by atoms with Gasteiger partial charge in [-0.1, -0.05) is 6.07 Å². The van der Waals surface area contributed by atoms with Crippen LogP contribution in [0.5, 0.6) is 5.88 Å². The number of methoxy groups -OCH3 is 1. The Morgan fingerprint density at radius 3 is 2.71 bits per heavy atom. The molecule has 1 aromatic heterocycles. The minimum atomic E-state index is -3.65. The second-order valence-electron chi connectivity index (χ2n) is 7.40. The monoisotopic (exact) mass is 401 g/mol. The van der Waals surface area contributed by atoms with E-state index in [0.29, 0.717) is 17.5 Å². The lowest BCUT2D eigenvalue weighted by Crippen LogP contribution is -2.34. The molecule has 0 radical (unpaired) electrons. The first-order valence-electron chi connectivity index (χ1n) is 9.33. The van der Waals surface area contributed by atoms with Gasteiger partial charge in [-0.2, -0.15) is 0 Å². The number of fused-ring (bicyclic) bond motifs is 1. The van der Waals surface area contributed by atoms with Gasteiger partial charge in [0.2, 0.25) is 15.9 Å². The molecular formula is C20H23N3O4S. The molecule has 28 heavy (non-hydrogen) atoms.